The van der Waals surface area contributed by atoms with Gasteiger partial charge in [0.25, 0.3) is 0 Å². The molecule has 0 aliphatic rings. The molecule has 0 amide bonds. The molecule has 0 aliphatic carbocycles. The molecule has 0 saturated heterocycles. The van der Waals surface area contributed by atoms with Crippen molar-refractivity contribution in [3.63, 3.8) is 0 Å². The van der Waals surface area contributed by atoms with E-state index in [0.29, 0.717) is 0 Å². The van der Waals surface area contributed by atoms with Gasteiger partial charge in [-0.05, 0) is 24.8 Å². The Balaban J connectivity index is 5.10. The molecule has 2 heteroatoms. The lowest BCUT2D eigenvalue weighted by Gasteiger charge is -2.28. The predicted octanol–water partition coefficient (Wildman–Crippen LogP) is 2.96. The number of nitrogens with zero attached hydrogens (tertiary/aromatic N) is 2. The quantitative estimate of drug-likeness (QED) is 0.490. The molecule has 0 N–H and O–H groups in total. The van der Waals surface area contributed by atoms with E-state index in [1.807, 2.05) is 14.1 Å². The summed E-state index contributed by atoms with van der Waals surface area (Å²) < 4.78 is 0. The van der Waals surface area contributed by atoms with Crippen molar-refractivity contribution in [1.82, 2.24) is 4.90 Å². The fourth-order valence-electron chi connectivity index (χ4n) is 1.51. The smallest absolute Gasteiger partial charge is 0.126 e. The van der Waals surface area contributed by atoms with Crippen LogP contribution in [0.4, 0.5) is 0 Å². The number of allylic oxidation sites excluding steroid dienone is 1. The monoisotopic (exact) mass is 196 g/mol. The van der Waals surface area contributed by atoms with E-state index in [2.05, 4.69) is 50.6 Å². The van der Waals surface area contributed by atoms with Gasteiger partial charge in [-0.2, -0.15) is 0 Å². The second-order valence-corrected chi connectivity index (χ2v) is 4.64. The molecule has 0 saturated carbocycles. The van der Waals surface area contributed by atoms with Crippen molar-refractivity contribution in [2.75, 3.05) is 20.6 Å². The first-order valence-corrected chi connectivity index (χ1v) is 5.23. The van der Waals surface area contributed by atoms with E-state index < -0.39 is 0 Å². The highest BCUT2D eigenvalue weighted by Gasteiger charge is 2.21. The van der Waals surface area contributed by atoms with E-state index in [0.717, 1.165) is 12.4 Å². The normalized spacial score (nSPS) is 14.5. The van der Waals surface area contributed by atoms with Gasteiger partial charge in [-0.3, -0.25) is 4.99 Å². The molecule has 0 aromatic heterocycles. The van der Waals surface area contributed by atoms with Gasteiger partial charge in [0.2, 0.25) is 0 Å². The molecule has 0 unspecified atom stereocenters. The standard InChI is InChI=1S/C12H24N2/c1-8-10(12(3,4)5)11(13-9-2)14(6)7/h8H,9H2,1-7H3/b10-8+,13-11?. The summed E-state index contributed by atoms with van der Waals surface area (Å²) in [6.07, 6.45) is 2.16. The van der Waals surface area contributed by atoms with E-state index in [4.69, 9.17) is 0 Å². The topological polar surface area (TPSA) is 15.6 Å². The van der Waals surface area contributed by atoms with Crippen molar-refractivity contribution in [3.05, 3.63) is 11.6 Å². The summed E-state index contributed by atoms with van der Waals surface area (Å²) in [4.78, 5) is 6.62. The average molecular weight is 196 g/mol. The minimum absolute atomic E-state index is 0.160. The van der Waals surface area contributed by atoms with Gasteiger partial charge in [0.05, 0.1) is 0 Å². The zero-order chi connectivity index (χ0) is 11.4. The van der Waals surface area contributed by atoms with Gasteiger partial charge in [-0.15, -0.1) is 0 Å². The molecule has 0 radical (unpaired) electrons. The van der Waals surface area contributed by atoms with Crippen LogP contribution in [0, 0.1) is 5.41 Å². The predicted molar refractivity (Wildman–Crippen MR) is 64.9 cm³/mol. The summed E-state index contributed by atoms with van der Waals surface area (Å²) in [5, 5.41) is 0. The van der Waals surface area contributed by atoms with Crippen LogP contribution in [0.25, 0.3) is 0 Å². The van der Waals surface area contributed by atoms with Gasteiger partial charge in [0, 0.05) is 20.6 Å². The SMILES string of the molecule is C/C=C(\C(=NCC)N(C)C)C(C)(C)C. The molecule has 0 fully saturated rings. The third kappa shape index (κ3) is 3.52. The van der Waals surface area contributed by atoms with Crippen LogP contribution in [0.5, 0.6) is 0 Å². The van der Waals surface area contributed by atoms with E-state index in [1.54, 1.807) is 0 Å². The Labute approximate surface area is 88.7 Å². The second-order valence-electron chi connectivity index (χ2n) is 4.64. The molecule has 0 aromatic rings. The van der Waals surface area contributed by atoms with Crippen LogP contribution in [-0.2, 0) is 0 Å². The number of amidine groups is 1. The van der Waals surface area contributed by atoms with Crippen LogP contribution in [0.2, 0.25) is 0 Å². The van der Waals surface area contributed by atoms with Crippen molar-refractivity contribution < 1.29 is 0 Å². The first-order valence-electron chi connectivity index (χ1n) is 5.23. The molecule has 2 nitrogen and oxygen atoms in total. The fraction of sp³-hybridized carbons (Fsp3) is 0.750. The summed E-state index contributed by atoms with van der Waals surface area (Å²) in [6.45, 7) is 11.6. The molecular formula is C12H24N2. The number of hydrogen-bond donors (Lipinski definition) is 0. The van der Waals surface area contributed by atoms with Gasteiger partial charge in [0.1, 0.15) is 5.84 Å². The summed E-state index contributed by atoms with van der Waals surface area (Å²) in [5.41, 5.74) is 1.47. The molecule has 0 rings (SSSR count). The Bertz CT molecular complexity index is 229. The van der Waals surface area contributed by atoms with Crippen molar-refractivity contribution in [1.29, 1.82) is 0 Å². The zero-order valence-electron chi connectivity index (χ0n) is 10.7. The van der Waals surface area contributed by atoms with Crippen molar-refractivity contribution >= 4 is 5.84 Å². The summed E-state index contributed by atoms with van der Waals surface area (Å²) in [6, 6.07) is 0. The highest BCUT2D eigenvalue weighted by atomic mass is 15.1. The van der Waals surface area contributed by atoms with Gasteiger partial charge in [-0.1, -0.05) is 26.8 Å². The van der Waals surface area contributed by atoms with Crippen LogP contribution in [0.3, 0.4) is 0 Å². The van der Waals surface area contributed by atoms with Crippen LogP contribution in [0.15, 0.2) is 16.6 Å². The van der Waals surface area contributed by atoms with Crippen LogP contribution in [-0.4, -0.2) is 31.4 Å². The average Bonchev–Trinajstić information content (AvgIpc) is 2.01. The Morgan fingerprint density at radius 1 is 1.29 bits per heavy atom. The Hall–Kier alpha value is -0.790. The van der Waals surface area contributed by atoms with Gasteiger partial charge < -0.3 is 4.90 Å². The van der Waals surface area contributed by atoms with Gasteiger partial charge in [-0.25, -0.2) is 0 Å². The molecule has 82 valence electrons. The molecule has 0 atom stereocenters. The maximum Gasteiger partial charge on any atom is 0.126 e. The minimum atomic E-state index is 0.160. The number of rotatable bonds is 2. The minimum Gasteiger partial charge on any atom is -0.363 e. The Kier molecular flexibility index (Phi) is 4.89. The fourth-order valence-corrected chi connectivity index (χ4v) is 1.51. The molecule has 0 bridgehead atoms. The summed E-state index contributed by atoms with van der Waals surface area (Å²) >= 11 is 0. The highest BCUT2D eigenvalue weighted by molar-refractivity contribution is 5.98. The molecular weight excluding hydrogens is 172 g/mol. The van der Waals surface area contributed by atoms with Crippen molar-refractivity contribution in [3.8, 4) is 0 Å². The maximum absolute atomic E-state index is 4.54. The van der Waals surface area contributed by atoms with Crippen LogP contribution < -0.4 is 0 Å². The molecule has 0 heterocycles. The Morgan fingerprint density at radius 2 is 1.79 bits per heavy atom. The van der Waals surface area contributed by atoms with Gasteiger partial charge >= 0.3 is 0 Å². The number of hydrogen-bond acceptors (Lipinski definition) is 1. The molecule has 0 aliphatic heterocycles. The van der Waals surface area contributed by atoms with E-state index in [-0.39, 0.29) is 5.41 Å². The molecule has 0 aromatic carbocycles. The first-order chi connectivity index (χ1) is 6.34. The maximum atomic E-state index is 4.54. The summed E-state index contributed by atoms with van der Waals surface area (Å²) in [5.74, 6) is 1.10. The first kappa shape index (κ1) is 13.2. The summed E-state index contributed by atoms with van der Waals surface area (Å²) in [7, 11) is 4.09. The largest absolute Gasteiger partial charge is 0.363 e. The zero-order valence-corrected chi connectivity index (χ0v) is 10.7. The molecule has 0 spiro atoms. The lowest BCUT2D eigenvalue weighted by molar-refractivity contribution is 0.501. The lowest BCUT2D eigenvalue weighted by atomic mass is 9.85. The number of aliphatic imine (C=N–C) groups is 1. The second kappa shape index (κ2) is 5.18. The van der Waals surface area contributed by atoms with Crippen LogP contribution >= 0.6 is 0 Å². The van der Waals surface area contributed by atoms with Crippen molar-refractivity contribution in [2.45, 2.75) is 34.6 Å². The van der Waals surface area contributed by atoms with Crippen LogP contribution in [0.1, 0.15) is 34.6 Å². The lowest BCUT2D eigenvalue weighted by Crippen LogP contribution is -2.30. The van der Waals surface area contributed by atoms with Crippen molar-refractivity contribution in [2.24, 2.45) is 10.4 Å². The van der Waals surface area contributed by atoms with E-state index in [9.17, 15) is 0 Å². The Morgan fingerprint density at radius 3 is 2.00 bits per heavy atom. The van der Waals surface area contributed by atoms with E-state index >= 15 is 0 Å². The molecule has 14 heavy (non-hydrogen) atoms. The van der Waals surface area contributed by atoms with E-state index in [1.165, 1.54) is 5.57 Å². The third-order valence-electron chi connectivity index (χ3n) is 2.07. The number of likely N-dealkylation sites (N-methyl/N-ethyl adjacent to an activating group) is 1. The third-order valence-corrected chi connectivity index (χ3v) is 2.07. The van der Waals surface area contributed by atoms with Gasteiger partial charge in [0.15, 0.2) is 0 Å². The highest BCUT2D eigenvalue weighted by Crippen LogP contribution is 2.26.